The highest BCUT2D eigenvalue weighted by atomic mass is 16.7. The smallest absolute Gasteiger partial charge is 0.261 e. The molecule has 44 heavy (non-hydrogen) atoms. The molecule has 4 rings (SSSR count). The van der Waals surface area contributed by atoms with Crippen LogP contribution in [0, 0.1) is 0 Å². The van der Waals surface area contributed by atoms with Crippen LogP contribution in [-0.4, -0.2) is 132 Å². The van der Waals surface area contributed by atoms with Crippen molar-refractivity contribution in [1.82, 2.24) is 9.80 Å². The maximum absolute atomic E-state index is 12.0. The van der Waals surface area contributed by atoms with Gasteiger partial charge in [0.1, 0.15) is 0 Å². The Morgan fingerprint density at radius 1 is 0.614 bits per heavy atom. The van der Waals surface area contributed by atoms with E-state index in [0.29, 0.717) is 42.0 Å². The van der Waals surface area contributed by atoms with E-state index in [1.165, 1.54) is 19.1 Å². The number of β-amino-alcohol motifs (C(OH)–C–C–N with tert-alkyl or cyclic N) is 1. The Morgan fingerprint density at radius 2 is 0.955 bits per heavy atom. The molecule has 0 unspecified atom stereocenters. The number of fused-ring (bicyclic) bond motifs is 2. The van der Waals surface area contributed by atoms with E-state index >= 15 is 0 Å². The molecule has 2 heterocycles. The van der Waals surface area contributed by atoms with Gasteiger partial charge >= 0.3 is 0 Å². The van der Waals surface area contributed by atoms with Crippen molar-refractivity contribution in [2.75, 3.05) is 81.1 Å². The Hall–Kier alpha value is -3.60. The van der Waals surface area contributed by atoms with Crippen molar-refractivity contribution >= 4 is 23.6 Å². The Balaban J connectivity index is 0.000000246. The number of carbonyl (C=O) groups is 4. The van der Waals surface area contributed by atoms with Crippen LogP contribution in [0.15, 0.2) is 48.5 Å². The lowest BCUT2D eigenvalue weighted by Crippen LogP contribution is -2.33. The molecule has 14 heteroatoms. The van der Waals surface area contributed by atoms with Gasteiger partial charge in [0.25, 0.3) is 23.6 Å². The molecule has 0 aliphatic carbocycles. The van der Waals surface area contributed by atoms with Gasteiger partial charge in [0.05, 0.1) is 68.4 Å². The summed E-state index contributed by atoms with van der Waals surface area (Å²) in [5.74, 6) is -1.19. The molecule has 2 aliphatic heterocycles. The number of aliphatic hydroxyl groups is 1. The molecule has 0 saturated heterocycles. The molecule has 0 radical (unpaired) electrons. The molecule has 14 nitrogen and oxygen atoms in total. The summed E-state index contributed by atoms with van der Waals surface area (Å²) < 4.78 is 30.0. The summed E-state index contributed by atoms with van der Waals surface area (Å²) in [4.78, 5) is 49.5. The molecule has 242 valence electrons. The number of hydrogen-bond donors (Lipinski definition) is 2. The third-order valence-corrected chi connectivity index (χ3v) is 6.36. The first-order valence-electron chi connectivity index (χ1n) is 13.8. The number of benzene rings is 2. The Bertz CT molecular complexity index is 1150. The Labute approximate surface area is 256 Å². The van der Waals surface area contributed by atoms with Crippen LogP contribution in [-0.2, 0) is 28.4 Å². The summed E-state index contributed by atoms with van der Waals surface area (Å²) in [5, 5.41) is 8.70. The van der Waals surface area contributed by atoms with Crippen LogP contribution < -0.4 is 5.73 Å². The summed E-state index contributed by atoms with van der Waals surface area (Å²) in [5.41, 5.74) is 6.93. The molecule has 0 saturated carbocycles. The average Bonchev–Trinajstić information content (AvgIpc) is 3.44. The SMILES string of the molecule is COC(COCCN)OC.COC(COCCN1C(=O)c2ccccc2C1=O)OC.O=C1c2ccccc2C(=O)N1CCO. The van der Waals surface area contributed by atoms with Gasteiger partial charge in [-0.3, -0.25) is 29.0 Å². The second-order valence-corrected chi connectivity index (χ2v) is 9.08. The fraction of sp³-hybridized carbons (Fsp3) is 0.467. The van der Waals surface area contributed by atoms with Gasteiger partial charge < -0.3 is 39.3 Å². The summed E-state index contributed by atoms with van der Waals surface area (Å²) in [7, 11) is 6.17. The van der Waals surface area contributed by atoms with Crippen molar-refractivity contribution in [1.29, 1.82) is 0 Å². The largest absolute Gasteiger partial charge is 0.395 e. The number of amides is 4. The lowest BCUT2D eigenvalue weighted by molar-refractivity contribution is -0.140. The predicted octanol–water partition coefficient (Wildman–Crippen LogP) is 0.774. The number of rotatable bonds is 15. The first-order chi connectivity index (χ1) is 21.3. The summed E-state index contributed by atoms with van der Waals surface area (Å²) in [6, 6.07) is 13.5. The van der Waals surface area contributed by atoms with Crippen molar-refractivity contribution in [2.24, 2.45) is 5.73 Å². The minimum Gasteiger partial charge on any atom is -0.395 e. The number of methoxy groups -OCH3 is 4. The maximum Gasteiger partial charge on any atom is 0.261 e. The van der Waals surface area contributed by atoms with Crippen LogP contribution in [0.3, 0.4) is 0 Å². The van der Waals surface area contributed by atoms with Gasteiger partial charge in [-0.25, -0.2) is 0 Å². The molecule has 0 atom stereocenters. The van der Waals surface area contributed by atoms with E-state index in [1.807, 2.05) is 0 Å². The summed E-state index contributed by atoms with van der Waals surface area (Å²) >= 11 is 0. The zero-order chi connectivity index (χ0) is 32.5. The quantitative estimate of drug-likeness (QED) is 0.163. The lowest BCUT2D eigenvalue weighted by atomic mass is 10.1. The number of nitrogens with zero attached hydrogens (tertiary/aromatic N) is 2. The van der Waals surface area contributed by atoms with Crippen LogP contribution >= 0.6 is 0 Å². The topological polar surface area (TPSA) is 176 Å². The molecule has 3 N–H and O–H groups in total. The van der Waals surface area contributed by atoms with Crippen molar-refractivity contribution < 1.29 is 52.7 Å². The molecule has 4 amide bonds. The molecule has 0 aromatic heterocycles. The molecule has 0 fully saturated rings. The first kappa shape index (κ1) is 36.6. The van der Waals surface area contributed by atoms with Crippen molar-refractivity contribution in [3.05, 3.63) is 70.8 Å². The van der Waals surface area contributed by atoms with E-state index in [1.54, 1.807) is 62.8 Å². The van der Waals surface area contributed by atoms with Crippen molar-refractivity contribution in [3.8, 4) is 0 Å². The van der Waals surface area contributed by atoms with Gasteiger partial charge in [0.15, 0.2) is 12.6 Å². The normalized spacial score (nSPS) is 13.6. The fourth-order valence-electron chi connectivity index (χ4n) is 4.05. The minimum absolute atomic E-state index is 0.0619. The third kappa shape index (κ3) is 9.97. The van der Waals surface area contributed by atoms with Gasteiger partial charge in [0, 0.05) is 35.0 Å². The third-order valence-electron chi connectivity index (χ3n) is 6.36. The summed E-state index contributed by atoms with van der Waals surface area (Å²) in [6.07, 6.45) is -0.719. The van der Waals surface area contributed by atoms with E-state index in [0.717, 1.165) is 4.90 Å². The van der Waals surface area contributed by atoms with Gasteiger partial charge in [-0.15, -0.1) is 0 Å². The summed E-state index contributed by atoms with van der Waals surface area (Å²) in [6.45, 7) is 2.07. The van der Waals surface area contributed by atoms with E-state index in [2.05, 4.69) is 0 Å². The molecule has 0 spiro atoms. The molecule has 0 bridgehead atoms. The van der Waals surface area contributed by atoms with Crippen LogP contribution in [0.25, 0.3) is 0 Å². The van der Waals surface area contributed by atoms with E-state index < -0.39 is 6.29 Å². The predicted molar refractivity (Wildman–Crippen MR) is 157 cm³/mol. The second-order valence-electron chi connectivity index (χ2n) is 9.08. The average molecular weight is 620 g/mol. The number of nitrogens with two attached hydrogens (primary N) is 1. The van der Waals surface area contributed by atoms with Gasteiger partial charge in [-0.1, -0.05) is 24.3 Å². The fourth-order valence-corrected chi connectivity index (χ4v) is 4.05. The number of aliphatic hydroxyl groups excluding tert-OH is 1. The van der Waals surface area contributed by atoms with E-state index in [9.17, 15) is 19.2 Å². The zero-order valence-corrected chi connectivity index (χ0v) is 25.4. The van der Waals surface area contributed by atoms with Gasteiger partial charge in [-0.2, -0.15) is 0 Å². The minimum atomic E-state index is -0.447. The molecular formula is C30H41N3O11. The highest BCUT2D eigenvalue weighted by Crippen LogP contribution is 2.22. The van der Waals surface area contributed by atoms with Crippen LogP contribution in [0.1, 0.15) is 41.4 Å². The Kier molecular flexibility index (Phi) is 16.3. The van der Waals surface area contributed by atoms with Crippen LogP contribution in [0.4, 0.5) is 0 Å². The Morgan fingerprint density at radius 3 is 1.27 bits per heavy atom. The second kappa shape index (κ2) is 19.6. The molecule has 2 aliphatic rings. The first-order valence-corrected chi connectivity index (χ1v) is 13.8. The maximum atomic E-state index is 12.0. The lowest BCUT2D eigenvalue weighted by Gasteiger charge is -2.16. The van der Waals surface area contributed by atoms with Crippen molar-refractivity contribution in [2.45, 2.75) is 12.6 Å². The number of hydrogen-bond acceptors (Lipinski definition) is 12. The highest BCUT2D eigenvalue weighted by Gasteiger charge is 2.35. The molecule has 2 aromatic rings. The standard InChI is InChI=1S/C14H17NO5.C10H9NO3.C6H15NO3/c1-18-12(19-2)9-20-8-7-15-13(16)10-5-3-4-6-11(10)14(15)17;12-6-5-11-9(13)7-3-1-2-4-8(7)10(11)14;1-8-6(9-2)5-10-4-3-7/h3-6,12H,7-9H2,1-2H3;1-4,12H,5-6H2;6H,3-5,7H2,1-2H3. The van der Waals surface area contributed by atoms with E-state index in [4.69, 9.17) is 39.3 Å². The van der Waals surface area contributed by atoms with Crippen LogP contribution in [0.2, 0.25) is 0 Å². The molecule has 2 aromatic carbocycles. The number of carbonyl (C=O) groups excluding carboxylic acids is 4. The van der Waals surface area contributed by atoms with Crippen LogP contribution in [0.5, 0.6) is 0 Å². The van der Waals surface area contributed by atoms with Crippen molar-refractivity contribution in [3.63, 3.8) is 0 Å². The van der Waals surface area contributed by atoms with Gasteiger partial charge in [0.2, 0.25) is 0 Å². The monoisotopic (exact) mass is 619 g/mol. The number of ether oxygens (including phenoxy) is 6. The van der Waals surface area contributed by atoms with E-state index in [-0.39, 0.29) is 62.8 Å². The zero-order valence-electron chi connectivity index (χ0n) is 25.4. The van der Waals surface area contributed by atoms with Gasteiger partial charge in [-0.05, 0) is 24.3 Å². The highest BCUT2D eigenvalue weighted by molar-refractivity contribution is 6.22. The molecular weight excluding hydrogens is 578 g/mol. The number of imide groups is 2.